The molecule has 2 atom stereocenters. The number of halogens is 1. The summed E-state index contributed by atoms with van der Waals surface area (Å²) in [4.78, 5) is 16.3. The highest BCUT2D eigenvalue weighted by Crippen LogP contribution is 2.26. The molecule has 0 heterocycles. The molecule has 6 heteroatoms. The van der Waals surface area contributed by atoms with Crippen molar-refractivity contribution in [3.63, 3.8) is 0 Å². The number of anilines is 1. The van der Waals surface area contributed by atoms with Crippen molar-refractivity contribution >= 4 is 23.2 Å². The average molecular weight is 350 g/mol. The Morgan fingerprint density at radius 3 is 2.88 bits per heavy atom. The first kappa shape index (κ1) is 18.7. The summed E-state index contributed by atoms with van der Waals surface area (Å²) in [7, 11) is 1.89. The van der Waals surface area contributed by atoms with Crippen LogP contribution in [0.3, 0.4) is 0 Å². The van der Waals surface area contributed by atoms with Crippen molar-refractivity contribution in [2.75, 3.05) is 31.6 Å². The van der Waals surface area contributed by atoms with E-state index in [0.717, 1.165) is 19.3 Å². The molecule has 1 fully saturated rings. The van der Waals surface area contributed by atoms with Crippen LogP contribution >= 0.6 is 11.6 Å². The van der Waals surface area contributed by atoms with E-state index in [-0.39, 0.29) is 30.9 Å². The van der Waals surface area contributed by atoms with Gasteiger partial charge in [-0.1, -0.05) is 24.1 Å². The molecule has 1 saturated carbocycles. The standard InChI is InChI=1S/C18H24ClN3O2/c1-21(12-14-5-2-8-17(14)23)13-18(24)22(10-4-9-20)16-7-3-6-15(19)11-16/h3,6-7,11,14,17,23H,2,4-5,8,10,12-13H2,1H3. The molecule has 2 rings (SSSR count). The number of aliphatic hydroxyl groups excluding tert-OH is 1. The number of amides is 1. The van der Waals surface area contributed by atoms with Crippen molar-refractivity contribution < 1.29 is 9.90 Å². The Bertz CT molecular complexity index is 602. The fourth-order valence-corrected chi connectivity index (χ4v) is 3.40. The van der Waals surface area contributed by atoms with Gasteiger partial charge in [0, 0.05) is 23.8 Å². The summed E-state index contributed by atoms with van der Waals surface area (Å²) >= 11 is 6.02. The van der Waals surface area contributed by atoms with E-state index in [1.165, 1.54) is 0 Å². The first-order chi connectivity index (χ1) is 11.5. The smallest absolute Gasteiger partial charge is 0.241 e. The first-order valence-electron chi connectivity index (χ1n) is 8.30. The van der Waals surface area contributed by atoms with E-state index in [2.05, 4.69) is 6.07 Å². The third kappa shape index (κ3) is 5.20. The van der Waals surface area contributed by atoms with Crippen molar-refractivity contribution in [2.45, 2.75) is 31.8 Å². The third-order valence-corrected chi connectivity index (χ3v) is 4.67. The lowest BCUT2D eigenvalue weighted by Crippen LogP contribution is -2.41. The van der Waals surface area contributed by atoms with E-state index >= 15 is 0 Å². The topological polar surface area (TPSA) is 67.6 Å². The molecule has 1 aromatic rings. The second kappa shape index (κ2) is 9.03. The van der Waals surface area contributed by atoms with Crippen molar-refractivity contribution in [3.8, 4) is 6.07 Å². The van der Waals surface area contributed by atoms with E-state index in [1.807, 2.05) is 18.0 Å². The van der Waals surface area contributed by atoms with Crippen LogP contribution in [0.4, 0.5) is 5.69 Å². The van der Waals surface area contributed by atoms with Crippen LogP contribution in [0, 0.1) is 17.2 Å². The zero-order chi connectivity index (χ0) is 17.5. The van der Waals surface area contributed by atoms with Crippen molar-refractivity contribution in [1.29, 1.82) is 5.26 Å². The molecule has 2 unspecified atom stereocenters. The molecule has 1 N–H and O–H groups in total. The Morgan fingerprint density at radius 2 is 2.25 bits per heavy atom. The molecule has 0 bridgehead atoms. The lowest BCUT2D eigenvalue weighted by atomic mass is 10.1. The summed E-state index contributed by atoms with van der Waals surface area (Å²) in [6, 6.07) is 9.19. The highest BCUT2D eigenvalue weighted by molar-refractivity contribution is 6.30. The van der Waals surface area contributed by atoms with Crippen molar-refractivity contribution in [2.24, 2.45) is 5.92 Å². The normalized spacial score (nSPS) is 20.1. The van der Waals surface area contributed by atoms with Crippen LogP contribution in [0.15, 0.2) is 24.3 Å². The van der Waals surface area contributed by atoms with Gasteiger partial charge in [0.25, 0.3) is 0 Å². The molecule has 5 nitrogen and oxygen atoms in total. The molecule has 0 aliphatic heterocycles. The van der Waals surface area contributed by atoms with Crippen LogP contribution in [-0.4, -0.2) is 48.7 Å². The largest absolute Gasteiger partial charge is 0.393 e. The van der Waals surface area contributed by atoms with Gasteiger partial charge in [-0.3, -0.25) is 9.69 Å². The Hall–Kier alpha value is -1.61. The minimum absolute atomic E-state index is 0.0671. The molecule has 0 saturated heterocycles. The zero-order valence-corrected chi connectivity index (χ0v) is 14.7. The van der Waals surface area contributed by atoms with Crippen LogP contribution in [0.1, 0.15) is 25.7 Å². The summed E-state index contributed by atoms with van der Waals surface area (Å²) < 4.78 is 0. The number of likely N-dealkylation sites (N-methyl/N-ethyl adjacent to an activating group) is 1. The van der Waals surface area contributed by atoms with Crippen molar-refractivity contribution in [3.05, 3.63) is 29.3 Å². The van der Waals surface area contributed by atoms with Gasteiger partial charge in [0.05, 0.1) is 25.1 Å². The van der Waals surface area contributed by atoms with Gasteiger partial charge in [-0.15, -0.1) is 0 Å². The second-order valence-corrected chi connectivity index (χ2v) is 6.82. The molecule has 0 radical (unpaired) electrons. The Morgan fingerprint density at radius 1 is 1.46 bits per heavy atom. The lowest BCUT2D eigenvalue weighted by molar-refractivity contribution is -0.119. The van der Waals surface area contributed by atoms with E-state index in [0.29, 0.717) is 23.8 Å². The molecule has 1 aliphatic rings. The van der Waals surface area contributed by atoms with Gasteiger partial charge >= 0.3 is 0 Å². The molecule has 0 spiro atoms. The van der Waals surface area contributed by atoms with Crippen LogP contribution in [0.25, 0.3) is 0 Å². The SMILES string of the molecule is CN(CC(=O)N(CCC#N)c1cccc(Cl)c1)CC1CCCC1O. The number of benzene rings is 1. The molecular formula is C18H24ClN3O2. The van der Waals surface area contributed by atoms with Crippen LogP contribution < -0.4 is 4.90 Å². The minimum Gasteiger partial charge on any atom is -0.393 e. The number of carbonyl (C=O) groups is 1. The summed E-state index contributed by atoms with van der Waals surface area (Å²) in [5, 5.41) is 19.3. The van der Waals surface area contributed by atoms with Crippen LogP contribution in [-0.2, 0) is 4.79 Å². The molecule has 1 aliphatic carbocycles. The third-order valence-electron chi connectivity index (χ3n) is 4.44. The van der Waals surface area contributed by atoms with Gasteiger partial charge in [0.15, 0.2) is 0 Å². The van der Waals surface area contributed by atoms with E-state index < -0.39 is 0 Å². The predicted molar refractivity (Wildman–Crippen MR) is 94.9 cm³/mol. The van der Waals surface area contributed by atoms with Gasteiger partial charge in [0.2, 0.25) is 5.91 Å². The Labute approximate surface area is 148 Å². The maximum absolute atomic E-state index is 12.7. The van der Waals surface area contributed by atoms with Crippen molar-refractivity contribution in [1.82, 2.24) is 4.90 Å². The molecule has 1 amide bonds. The highest BCUT2D eigenvalue weighted by Gasteiger charge is 2.27. The number of hydrogen-bond acceptors (Lipinski definition) is 4. The Kier molecular flexibility index (Phi) is 7.04. The molecule has 0 aromatic heterocycles. The number of carbonyl (C=O) groups excluding carboxylic acids is 1. The minimum atomic E-state index is -0.259. The van der Waals surface area contributed by atoms with Gasteiger partial charge in [-0.2, -0.15) is 5.26 Å². The van der Waals surface area contributed by atoms with Gasteiger partial charge in [-0.25, -0.2) is 0 Å². The molecular weight excluding hydrogens is 326 g/mol. The number of aliphatic hydroxyl groups is 1. The maximum Gasteiger partial charge on any atom is 0.241 e. The average Bonchev–Trinajstić information content (AvgIpc) is 2.92. The fraction of sp³-hybridized carbons (Fsp3) is 0.556. The fourth-order valence-electron chi connectivity index (χ4n) is 3.21. The van der Waals surface area contributed by atoms with Crippen LogP contribution in [0.5, 0.6) is 0 Å². The monoisotopic (exact) mass is 349 g/mol. The molecule has 1 aromatic carbocycles. The van der Waals surface area contributed by atoms with Crippen LogP contribution in [0.2, 0.25) is 5.02 Å². The second-order valence-electron chi connectivity index (χ2n) is 6.39. The summed E-state index contributed by atoms with van der Waals surface area (Å²) in [5.41, 5.74) is 0.706. The number of nitriles is 1. The maximum atomic E-state index is 12.7. The summed E-state index contributed by atoms with van der Waals surface area (Å²) in [6.07, 6.45) is 2.91. The Balaban J connectivity index is 2.00. The molecule has 130 valence electrons. The zero-order valence-electron chi connectivity index (χ0n) is 14.0. The number of rotatable bonds is 7. The highest BCUT2D eigenvalue weighted by atomic mass is 35.5. The van der Waals surface area contributed by atoms with Gasteiger partial charge in [0.1, 0.15) is 0 Å². The summed E-state index contributed by atoms with van der Waals surface area (Å²) in [6.45, 7) is 1.30. The molecule has 24 heavy (non-hydrogen) atoms. The number of hydrogen-bond donors (Lipinski definition) is 1. The predicted octanol–water partition coefficient (Wildman–Crippen LogP) is 2.68. The van der Waals surface area contributed by atoms with Gasteiger partial charge < -0.3 is 10.0 Å². The number of nitrogens with zero attached hydrogens (tertiary/aromatic N) is 3. The first-order valence-corrected chi connectivity index (χ1v) is 8.68. The van der Waals surface area contributed by atoms with E-state index in [9.17, 15) is 9.90 Å². The van der Waals surface area contributed by atoms with E-state index in [4.69, 9.17) is 16.9 Å². The quantitative estimate of drug-likeness (QED) is 0.821. The van der Waals surface area contributed by atoms with E-state index in [1.54, 1.807) is 23.1 Å². The summed E-state index contributed by atoms with van der Waals surface area (Å²) in [5.74, 6) is 0.170. The lowest BCUT2D eigenvalue weighted by Gasteiger charge is -2.27. The van der Waals surface area contributed by atoms with Gasteiger partial charge in [-0.05, 0) is 44.0 Å².